The van der Waals surface area contributed by atoms with Crippen molar-refractivity contribution in [1.29, 1.82) is 0 Å². The van der Waals surface area contributed by atoms with Crippen LogP contribution >= 0.6 is 0 Å². The van der Waals surface area contributed by atoms with Gasteiger partial charge in [-0.05, 0) is 48.0 Å². The van der Waals surface area contributed by atoms with Gasteiger partial charge >= 0.3 is 6.18 Å². The molecule has 1 heterocycles. The molecule has 0 amide bonds. The first-order valence-electron chi connectivity index (χ1n) is 5.53. The van der Waals surface area contributed by atoms with Crippen molar-refractivity contribution in [2.45, 2.75) is 20.0 Å². The largest absolute Gasteiger partial charge is 0.494 e. The number of nitrogens with zero attached hydrogens (tertiary/aromatic N) is 4. The molecule has 8 heteroatoms. The smallest absolute Gasteiger partial charge is 0.453 e. The highest BCUT2D eigenvalue weighted by Crippen LogP contribution is 2.29. The minimum atomic E-state index is -4.60. The number of rotatable bonds is 3. The van der Waals surface area contributed by atoms with Gasteiger partial charge in [-0.25, -0.2) is 0 Å². The van der Waals surface area contributed by atoms with Gasteiger partial charge in [-0.1, -0.05) is 0 Å². The molecule has 0 N–H and O–H groups in total. The summed E-state index contributed by atoms with van der Waals surface area (Å²) in [5.74, 6) is -0.538. The van der Waals surface area contributed by atoms with Gasteiger partial charge in [-0.2, -0.15) is 17.9 Å². The van der Waals surface area contributed by atoms with E-state index < -0.39 is 12.0 Å². The first-order valence-corrected chi connectivity index (χ1v) is 5.53. The zero-order chi connectivity index (χ0) is 14.0. The second kappa shape index (κ2) is 4.87. The molecule has 0 aliphatic rings. The molecule has 2 rings (SSSR count). The van der Waals surface area contributed by atoms with Gasteiger partial charge in [0, 0.05) is 0 Å². The Morgan fingerprint density at radius 1 is 1.32 bits per heavy atom. The number of benzene rings is 1. The summed E-state index contributed by atoms with van der Waals surface area (Å²) in [6.45, 7) is 4.06. The van der Waals surface area contributed by atoms with Crippen LogP contribution in [-0.4, -0.2) is 26.8 Å². The molecular formula is C11H11F3N4O. The normalized spacial score (nSPS) is 11.6. The average molecular weight is 272 g/mol. The Morgan fingerprint density at radius 2 is 2.05 bits per heavy atom. The van der Waals surface area contributed by atoms with Crippen LogP contribution in [0, 0.1) is 6.92 Å². The SMILES string of the molecule is CCOc1ccc(-n2nnnc2C(F)(F)F)cc1C. The number of halogens is 3. The third-order valence-corrected chi connectivity index (χ3v) is 2.43. The first-order chi connectivity index (χ1) is 8.93. The number of ether oxygens (including phenoxy) is 1. The zero-order valence-electron chi connectivity index (χ0n) is 10.3. The molecule has 0 spiro atoms. The van der Waals surface area contributed by atoms with E-state index in [1.165, 1.54) is 12.1 Å². The third-order valence-electron chi connectivity index (χ3n) is 2.43. The maximum Gasteiger partial charge on any atom is 0.453 e. The summed E-state index contributed by atoms with van der Waals surface area (Å²) in [5.41, 5.74) is 0.946. The fraction of sp³-hybridized carbons (Fsp3) is 0.364. The summed E-state index contributed by atoms with van der Waals surface area (Å²) in [6.07, 6.45) is -4.60. The van der Waals surface area contributed by atoms with E-state index in [1.807, 2.05) is 6.92 Å². The van der Waals surface area contributed by atoms with Gasteiger partial charge in [0.2, 0.25) is 0 Å². The fourth-order valence-corrected chi connectivity index (χ4v) is 1.62. The monoisotopic (exact) mass is 272 g/mol. The molecule has 0 aliphatic carbocycles. The lowest BCUT2D eigenvalue weighted by molar-refractivity contribution is -0.146. The molecule has 0 aliphatic heterocycles. The highest BCUT2D eigenvalue weighted by atomic mass is 19.4. The highest BCUT2D eigenvalue weighted by molar-refractivity contribution is 5.43. The van der Waals surface area contributed by atoms with Crippen molar-refractivity contribution in [3.8, 4) is 11.4 Å². The van der Waals surface area contributed by atoms with Crippen LogP contribution in [0.3, 0.4) is 0 Å². The maximum atomic E-state index is 12.7. The minimum Gasteiger partial charge on any atom is -0.494 e. The molecule has 1 aromatic carbocycles. The van der Waals surface area contributed by atoms with Gasteiger partial charge in [-0.3, -0.25) is 0 Å². The summed E-state index contributed by atoms with van der Waals surface area (Å²) >= 11 is 0. The molecule has 2 aromatic rings. The number of aromatic nitrogens is 4. The molecule has 0 radical (unpaired) electrons. The number of hydrogen-bond donors (Lipinski definition) is 0. The summed E-state index contributed by atoms with van der Waals surface area (Å²) in [4.78, 5) is 0. The molecule has 5 nitrogen and oxygen atoms in total. The van der Waals surface area contributed by atoms with Crippen LogP contribution in [0.1, 0.15) is 18.3 Å². The Kier molecular flexibility index (Phi) is 3.41. The third kappa shape index (κ3) is 2.67. The Balaban J connectivity index is 2.43. The van der Waals surface area contributed by atoms with E-state index in [0.29, 0.717) is 22.6 Å². The average Bonchev–Trinajstić information content (AvgIpc) is 2.80. The predicted octanol–water partition coefficient (Wildman–Crippen LogP) is 2.39. The van der Waals surface area contributed by atoms with Crippen molar-refractivity contribution >= 4 is 0 Å². The van der Waals surface area contributed by atoms with Crippen molar-refractivity contribution in [2.75, 3.05) is 6.61 Å². The number of hydrogen-bond acceptors (Lipinski definition) is 4. The van der Waals surface area contributed by atoms with Crippen LogP contribution in [-0.2, 0) is 6.18 Å². The topological polar surface area (TPSA) is 52.8 Å². The van der Waals surface area contributed by atoms with Gasteiger partial charge in [0.1, 0.15) is 5.75 Å². The number of aryl methyl sites for hydroxylation is 1. The number of alkyl halides is 3. The molecule has 0 saturated heterocycles. The quantitative estimate of drug-likeness (QED) is 0.860. The summed E-state index contributed by atoms with van der Waals surface area (Å²) in [6, 6.07) is 4.61. The van der Waals surface area contributed by atoms with Crippen LogP contribution in [0.2, 0.25) is 0 Å². The molecular weight excluding hydrogens is 261 g/mol. The van der Waals surface area contributed by atoms with Crippen LogP contribution < -0.4 is 4.74 Å². The van der Waals surface area contributed by atoms with Crippen LogP contribution in [0.25, 0.3) is 5.69 Å². The summed E-state index contributed by atoms with van der Waals surface area (Å²) in [7, 11) is 0. The van der Waals surface area contributed by atoms with E-state index in [4.69, 9.17) is 4.74 Å². The van der Waals surface area contributed by atoms with Crippen LogP contribution in [0.4, 0.5) is 13.2 Å². The van der Waals surface area contributed by atoms with Crippen molar-refractivity contribution in [1.82, 2.24) is 20.2 Å². The van der Waals surface area contributed by atoms with E-state index in [-0.39, 0.29) is 5.69 Å². The van der Waals surface area contributed by atoms with Crippen molar-refractivity contribution in [2.24, 2.45) is 0 Å². The lowest BCUT2D eigenvalue weighted by atomic mass is 10.2. The standard InChI is InChI=1S/C11H11F3N4O/c1-3-19-9-5-4-8(6-7(9)2)18-10(11(12,13)14)15-16-17-18/h4-6H,3H2,1-2H3. The zero-order valence-corrected chi connectivity index (χ0v) is 10.3. The molecule has 0 fully saturated rings. The van der Waals surface area contributed by atoms with Crippen molar-refractivity contribution in [3.63, 3.8) is 0 Å². The Hall–Kier alpha value is -2.12. The molecule has 0 unspecified atom stereocenters. The predicted molar refractivity (Wildman–Crippen MR) is 60.1 cm³/mol. The van der Waals surface area contributed by atoms with Gasteiger partial charge in [0.05, 0.1) is 12.3 Å². The van der Waals surface area contributed by atoms with Crippen LogP contribution in [0.5, 0.6) is 5.75 Å². The van der Waals surface area contributed by atoms with Gasteiger partial charge in [0.25, 0.3) is 5.82 Å². The fourth-order valence-electron chi connectivity index (χ4n) is 1.62. The van der Waals surface area contributed by atoms with Gasteiger partial charge in [0.15, 0.2) is 0 Å². The van der Waals surface area contributed by atoms with Gasteiger partial charge in [-0.15, -0.1) is 5.10 Å². The van der Waals surface area contributed by atoms with Crippen LogP contribution in [0.15, 0.2) is 18.2 Å². The van der Waals surface area contributed by atoms with E-state index in [2.05, 4.69) is 15.5 Å². The maximum absolute atomic E-state index is 12.7. The highest BCUT2D eigenvalue weighted by Gasteiger charge is 2.38. The van der Waals surface area contributed by atoms with Crippen molar-refractivity contribution < 1.29 is 17.9 Å². The first kappa shape index (κ1) is 13.3. The minimum absolute atomic E-state index is 0.235. The Bertz CT molecular complexity index is 580. The Labute approximate surface area is 107 Å². The number of tetrazole rings is 1. The van der Waals surface area contributed by atoms with E-state index in [0.717, 1.165) is 0 Å². The lowest BCUT2D eigenvalue weighted by Crippen LogP contribution is -2.14. The molecule has 19 heavy (non-hydrogen) atoms. The Morgan fingerprint density at radius 3 is 2.63 bits per heavy atom. The molecule has 0 atom stereocenters. The van der Waals surface area contributed by atoms with Gasteiger partial charge < -0.3 is 4.74 Å². The molecule has 0 saturated carbocycles. The molecule has 0 bridgehead atoms. The second-order valence-electron chi connectivity index (χ2n) is 3.79. The van der Waals surface area contributed by atoms with E-state index in [1.54, 1.807) is 13.0 Å². The van der Waals surface area contributed by atoms with E-state index in [9.17, 15) is 13.2 Å². The lowest BCUT2D eigenvalue weighted by Gasteiger charge is -2.10. The van der Waals surface area contributed by atoms with E-state index >= 15 is 0 Å². The molecule has 102 valence electrons. The summed E-state index contributed by atoms with van der Waals surface area (Å²) < 4.78 is 44.0. The van der Waals surface area contributed by atoms with Crippen molar-refractivity contribution in [3.05, 3.63) is 29.6 Å². The summed E-state index contributed by atoms with van der Waals surface area (Å²) in [5, 5.41) is 9.43. The second-order valence-corrected chi connectivity index (χ2v) is 3.79. The molecule has 1 aromatic heterocycles.